The molecule has 0 radical (unpaired) electrons. The lowest BCUT2D eigenvalue weighted by Crippen LogP contribution is -1.95. The van der Waals surface area contributed by atoms with Crippen LogP contribution in [0.1, 0.15) is 29.5 Å². The van der Waals surface area contributed by atoms with Gasteiger partial charge in [-0.3, -0.25) is 0 Å². The molecule has 1 nitrogen and oxygen atoms in total. The van der Waals surface area contributed by atoms with E-state index in [1.807, 2.05) is 18.2 Å². The molecule has 2 aromatic carbocycles. The molecule has 1 heteroatoms. The largest absolute Gasteiger partial charge is 0.198 e. The fraction of sp³-hybridized carbons (Fsp3) is 0.188. The second-order valence-corrected chi connectivity index (χ2v) is 4.21. The van der Waals surface area contributed by atoms with Crippen LogP contribution in [0.15, 0.2) is 54.6 Å². The summed E-state index contributed by atoms with van der Waals surface area (Å²) in [5.74, 6) is 0.396. The van der Waals surface area contributed by atoms with Crippen molar-refractivity contribution in [2.24, 2.45) is 0 Å². The lowest BCUT2D eigenvalue weighted by molar-refractivity contribution is 0.921. The maximum Gasteiger partial charge on any atom is 0.0669 e. The SMILES string of the molecule is CC(c1ccccc1)c1ccc(CC#N)cc1. The van der Waals surface area contributed by atoms with E-state index in [-0.39, 0.29) is 0 Å². The maximum atomic E-state index is 8.63. The minimum absolute atomic E-state index is 0.396. The summed E-state index contributed by atoms with van der Waals surface area (Å²) in [6.07, 6.45) is 0.486. The Morgan fingerprint density at radius 3 is 2.12 bits per heavy atom. The lowest BCUT2D eigenvalue weighted by atomic mass is 9.92. The second-order valence-electron chi connectivity index (χ2n) is 4.21. The molecule has 0 bridgehead atoms. The molecule has 0 amide bonds. The Hall–Kier alpha value is -2.07. The second kappa shape index (κ2) is 5.32. The molecule has 1 atom stereocenters. The van der Waals surface area contributed by atoms with E-state index in [0.717, 1.165) is 5.56 Å². The van der Waals surface area contributed by atoms with E-state index in [1.165, 1.54) is 11.1 Å². The lowest BCUT2D eigenvalue weighted by Gasteiger charge is -2.12. The Morgan fingerprint density at radius 2 is 1.53 bits per heavy atom. The number of nitrogens with zero attached hydrogens (tertiary/aromatic N) is 1. The first-order chi connectivity index (χ1) is 8.31. The van der Waals surface area contributed by atoms with Gasteiger partial charge in [0.25, 0.3) is 0 Å². The molecule has 0 spiro atoms. The summed E-state index contributed by atoms with van der Waals surface area (Å²) < 4.78 is 0. The highest BCUT2D eigenvalue weighted by atomic mass is 14.2. The molecule has 0 aliphatic carbocycles. The van der Waals surface area contributed by atoms with Crippen molar-refractivity contribution in [3.05, 3.63) is 71.3 Å². The summed E-state index contributed by atoms with van der Waals surface area (Å²) in [4.78, 5) is 0. The molecule has 0 aromatic heterocycles. The van der Waals surface area contributed by atoms with Gasteiger partial charge in [0, 0.05) is 5.92 Å². The quantitative estimate of drug-likeness (QED) is 0.771. The van der Waals surface area contributed by atoms with Gasteiger partial charge in [0.1, 0.15) is 0 Å². The van der Waals surface area contributed by atoms with Gasteiger partial charge >= 0.3 is 0 Å². The predicted molar refractivity (Wildman–Crippen MR) is 69.7 cm³/mol. The molecule has 0 saturated heterocycles. The van der Waals surface area contributed by atoms with Crippen molar-refractivity contribution in [2.75, 3.05) is 0 Å². The average molecular weight is 221 g/mol. The Morgan fingerprint density at radius 1 is 0.941 bits per heavy atom. The first kappa shape index (κ1) is 11.4. The van der Waals surface area contributed by atoms with Gasteiger partial charge < -0.3 is 0 Å². The molecule has 17 heavy (non-hydrogen) atoms. The molecule has 84 valence electrons. The Labute approximate surface area is 102 Å². The number of benzene rings is 2. The van der Waals surface area contributed by atoms with Gasteiger partial charge in [-0.15, -0.1) is 0 Å². The predicted octanol–water partition coefficient (Wildman–Crippen LogP) is 3.90. The number of nitriles is 1. The summed E-state index contributed by atoms with van der Waals surface area (Å²) in [7, 11) is 0. The van der Waals surface area contributed by atoms with Crippen LogP contribution in [-0.2, 0) is 6.42 Å². The number of rotatable bonds is 3. The monoisotopic (exact) mass is 221 g/mol. The normalized spacial score (nSPS) is 11.8. The van der Waals surface area contributed by atoms with Gasteiger partial charge in [0.2, 0.25) is 0 Å². The summed E-state index contributed by atoms with van der Waals surface area (Å²) in [5, 5.41) is 8.63. The van der Waals surface area contributed by atoms with Crippen molar-refractivity contribution >= 4 is 0 Å². The highest BCUT2D eigenvalue weighted by molar-refractivity contribution is 5.33. The molecule has 0 aliphatic heterocycles. The van der Waals surface area contributed by atoms with Gasteiger partial charge in [-0.25, -0.2) is 0 Å². The molecule has 2 rings (SSSR count). The van der Waals surface area contributed by atoms with Gasteiger partial charge in [-0.05, 0) is 16.7 Å². The van der Waals surface area contributed by atoms with Gasteiger partial charge in [0.05, 0.1) is 12.5 Å². The van der Waals surface area contributed by atoms with Gasteiger partial charge in [-0.2, -0.15) is 5.26 Å². The molecule has 0 aliphatic rings. The van der Waals surface area contributed by atoms with Crippen LogP contribution in [0, 0.1) is 11.3 Å². The van der Waals surface area contributed by atoms with E-state index in [2.05, 4.69) is 49.4 Å². The zero-order valence-corrected chi connectivity index (χ0v) is 9.93. The Bertz CT molecular complexity index is 505. The molecule has 0 heterocycles. The van der Waals surface area contributed by atoms with Crippen molar-refractivity contribution in [3.8, 4) is 6.07 Å². The summed E-state index contributed by atoms with van der Waals surface area (Å²) in [5.41, 5.74) is 3.69. The minimum atomic E-state index is 0.396. The minimum Gasteiger partial charge on any atom is -0.198 e. The third-order valence-corrected chi connectivity index (χ3v) is 3.06. The van der Waals surface area contributed by atoms with Crippen molar-refractivity contribution in [2.45, 2.75) is 19.3 Å². The molecular weight excluding hydrogens is 206 g/mol. The fourth-order valence-corrected chi connectivity index (χ4v) is 1.95. The van der Waals surface area contributed by atoms with Crippen molar-refractivity contribution in [1.82, 2.24) is 0 Å². The Kier molecular flexibility index (Phi) is 3.57. The van der Waals surface area contributed by atoms with Crippen molar-refractivity contribution in [3.63, 3.8) is 0 Å². The first-order valence-corrected chi connectivity index (χ1v) is 5.82. The van der Waals surface area contributed by atoms with E-state index < -0.39 is 0 Å². The molecule has 0 N–H and O–H groups in total. The van der Waals surface area contributed by atoms with E-state index in [4.69, 9.17) is 5.26 Å². The average Bonchev–Trinajstić information content (AvgIpc) is 2.40. The Balaban J connectivity index is 2.21. The molecular formula is C16H15N. The van der Waals surface area contributed by atoms with E-state index in [0.29, 0.717) is 12.3 Å². The third kappa shape index (κ3) is 2.73. The molecule has 0 fully saturated rings. The standard InChI is InChI=1S/C16H15N/c1-13(15-5-3-2-4-6-15)16-9-7-14(8-10-16)11-12-17/h2-10,13H,11H2,1H3. The van der Waals surface area contributed by atoms with E-state index >= 15 is 0 Å². The van der Waals surface area contributed by atoms with Crippen LogP contribution < -0.4 is 0 Å². The smallest absolute Gasteiger partial charge is 0.0669 e. The topological polar surface area (TPSA) is 23.8 Å². The summed E-state index contributed by atoms with van der Waals surface area (Å²) in [6, 6.07) is 20.9. The van der Waals surface area contributed by atoms with Gasteiger partial charge in [0.15, 0.2) is 0 Å². The zero-order chi connectivity index (χ0) is 12.1. The van der Waals surface area contributed by atoms with Crippen LogP contribution in [0.3, 0.4) is 0 Å². The van der Waals surface area contributed by atoms with Crippen LogP contribution >= 0.6 is 0 Å². The third-order valence-electron chi connectivity index (χ3n) is 3.06. The van der Waals surface area contributed by atoms with E-state index in [9.17, 15) is 0 Å². The molecule has 1 unspecified atom stereocenters. The highest BCUT2D eigenvalue weighted by Crippen LogP contribution is 2.23. The van der Waals surface area contributed by atoms with Crippen molar-refractivity contribution in [1.29, 1.82) is 5.26 Å². The molecule has 0 saturated carbocycles. The van der Waals surface area contributed by atoms with Crippen LogP contribution in [-0.4, -0.2) is 0 Å². The van der Waals surface area contributed by atoms with Crippen LogP contribution in [0.25, 0.3) is 0 Å². The van der Waals surface area contributed by atoms with Crippen LogP contribution in [0.4, 0.5) is 0 Å². The van der Waals surface area contributed by atoms with Crippen LogP contribution in [0.5, 0.6) is 0 Å². The van der Waals surface area contributed by atoms with Crippen molar-refractivity contribution < 1.29 is 0 Å². The summed E-state index contributed by atoms with van der Waals surface area (Å²) >= 11 is 0. The fourth-order valence-electron chi connectivity index (χ4n) is 1.95. The molecule has 2 aromatic rings. The highest BCUT2D eigenvalue weighted by Gasteiger charge is 2.07. The zero-order valence-electron chi connectivity index (χ0n) is 9.93. The number of hydrogen-bond acceptors (Lipinski definition) is 1. The first-order valence-electron chi connectivity index (χ1n) is 5.82. The van der Waals surface area contributed by atoms with E-state index in [1.54, 1.807) is 0 Å². The maximum absolute atomic E-state index is 8.63. The number of hydrogen-bond donors (Lipinski definition) is 0. The summed E-state index contributed by atoms with van der Waals surface area (Å²) in [6.45, 7) is 2.20. The van der Waals surface area contributed by atoms with Gasteiger partial charge in [-0.1, -0.05) is 61.5 Å². The van der Waals surface area contributed by atoms with Crippen LogP contribution in [0.2, 0.25) is 0 Å².